The molecular formula is C15H21FO2. The molecule has 1 aliphatic carbocycles. The van der Waals surface area contributed by atoms with Gasteiger partial charge in [0.05, 0.1) is 6.10 Å². The van der Waals surface area contributed by atoms with Gasteiger partial charge in [0.2, 0.25) is 0 Å². The van der Waals surface area contributed by atoms with Crippen molar-refractivity contribution in [3.63, 3.8) is 0 Å². The first kappa shape index (κ1) is 13.5. The van der Waals surface area contributed by atoms with E-state index in [-0.39, 0.29) is 5.57 Å². The van der Waals surface area contributed by atoms with E-state index in [9.17, 15) is 9.50 Å². The molecule has 0 spiro atoms. The summed E-state index contributed by atoms with van der Waals surface area (Å²) in [6.45, 7) is 5.20. The van der Waals surface area contributed by atoms with Crippen LogP contribution < -0.4 is 0 Å². The molecule has 2 rings (SSSR count). The molecule has 1 N–H and O–H groups in total. The van der Waals surface area contributed by atoms with E-state index < -0.39 is 11.9 Å². The van der Waals surface area contributed by atoms with E-state index in [0.29, 0.717) is 12.3 Å². The Balaban J connectivity index is 2.12. The third kappa shape index (κ3) is 3.30. The second-order valence-electron chi connectivity index (χ2n) is 5.08. The lowest BCUT2D eigenvalue weighted by molar-refractivity contribution is 0.0747. The minimum absolute atomic E-state index is 0.208. The molecule has 1 fully saturated rings. The van der Waals surface area contributed by atoms with Crippen LogP contribution in [-0.4, -0.2) is 24.4 Å². The molecule has 18 heavy (non-hydrogen) atoms. The molecule has 0 aromatic carbocycles. The Morgan fingerprint density at radius 1 is 1.22 bits per heavy atom. The van der Waals surface area contributed by atoms with Crippen LogP contribution in [0.15, 0.2) is 35.7 Å². The SMILES string of the molecule is C=C1/C(F)=C\C=C(\C2CCOCC2)CCC[C@@H]1O. The Morgan fingerprint density at radius 3 is 2.67 bits per heavy atom. The van der Waals surface area contributed by atoms with Gasteiger partial charge in [0.25, 0.3) is 0 Å². The van der Waals surface area contributed by atoms with Crippen LogP contribution in [0, 0.1) is 5.92 Å². The molecule has 2 nitrogen and oxygen atoms in total. The third-order valence-corrected chi connectivity index (χ3v) is 3.84. The molecule has 0 unspecified atom stereocenters. The van der Waals surface area contributed by atoms with Crippen LogP contribution in [-0.2, 0) is 4.74 Å². The van der Waals surface area contributed by atoms with E-state index >= 15 is 0 Å². The Hall–Kier alpha value is -0.930. The molecule has 0 radical (unpaired) electrons. The van der Waals surface area contributed by atoms with Crippen LogP contribution in [0.5, 0.6) is 0 Å². The van der Waals surface area contributed by atoms with Gasteiger partial charge in [-0.3, -0.25) is 0 Å². The predicted octanol–water partition coefficient (Wildman–Crippen LogP) is 3.29. The zero-order valence-electron chi connectivity index (χ0n) is 10.7. The molecule has 0 amide bonds. The summed E-state index contributed by atoms with van der Waals surface area (Å²) in [4.78, 5) is 0. The maximum atomic E-state index is 13.7. The van der Waals surface area contributed by atoms with Gasteiger partial charge in [-0.2, -0.15) is 0 Å². The highest BCUT2D eigenvalue weighted by Crippen LogP contribution is 2.30. The van der Waals surface area contributed by atoms with Crippen LogP contribution in [0.2, 0.25) is 0 Å². The van der Waals surface area contributed by atoms with Crippen molar-refractivity contribution in [3.8, 4) is 0 Å². The summed E-state index contributed by atoms with van der Waals surface area (Å²) < 4.78 is 19.1. The summed E-state index contributed by atoms with van der Waals surface area (Å²) in [7, 11) is 0. The van der Waals surface area contributed by atoms with E-state index in [1.807, 2.05) is 6.08 Å². The predicted molar refractivity (Wildman–Crippen MR) is 69.8 cm³/mol. The normalized spacial score (nSPS) is 33.7. The fraction of sp³-hybridized carbons (Fsp3) is 0.600. The van der Waals surface area contributed by atoms with Crippen LogP contribution >= 0.6 is 0 Å². The number of hydrogen-bond donors (Lipinski definition) is 1. The number of allylic oxidation sites excluding steroid dienone is 3. The maximum absolute atomic E-state index is 13.7. The number of hydrogen-bond acceptors (Lipinski definition) is 2. The van der Waals surface area contributed by atoms with Gasteiger partial charge in [-0.25, -0.2) is 4.39 Å². The minimum atomic E-state index is -0.747. The lowest BCUT2D eigenvalue weighted by Gasteiger charge is -2.24. The molecule has 1 saturated heterocycles. The highest BCUT2D eigenvalue weighted by atomic mass is 19.1. The maximum Gasteiger partial charge on any atom is 0.128 e. The van der Waals surface area contributed by atoms with Gasteiger partial charge < -0.3 is 9.84 Å². The number of aliphatic hydroxyl groups excluding tert-OH is 1. The summed E-state index contributed by atoms with van der Waals surface area (Å²) in [6, 6.07) is 0. The zero-order chi connectivity index (χ0) is 13.0. The summed E-state index contributed by atoms with van der Waals surface area (Å²) >= 11 is 0. The molecule has 1 aliphatic heterocycles. The number of halogens is 1. The summed E-state index contributed by atoms with van der Waals surface area (Å²) in [5.41, 5.74) is 1.50. The molecule has 100 valence electrons. The van der Waals surface area contributed by atoms with Crippen LogP contribution in [0.25, 0.3) is 0 Å². The van der Waals surface area contributed by atoms with Crippen LogP contribution in [0.1, 0.15) is 32.1 Å². The van der Waals surface area contributed by atoms with Crippen molar-refractivity contribution in [2.24, 2.45) is 5.92 Å². The lowest BCUT2D eigenvalue weighted by atomic mass is 9.88. The Bertz CT molecular complexity index is 365. The van der Waals surface area contributed by atoms with Crippen LogP contribution in [0.4, 0.5) is 4.39 Å². The van der Waals surface area contributed by atoms with Gasteiger partial charge in [0.15, 0.2) is 0 Å². The number of rotatable bonds is 1. The molecule has 0 aromatic rings. The van der Waals surface area contributed by atoms with Gasteiger partial charge in [-0.1, -0.05) is 18.2 Å². The largest absolute Gasteiger partial charge is 0.388 e. The van der Waals surface area contributed by atoms with Gasteiger partial charge in [-0.05, 0) is 44.1 Å². The monoisotopic (exact) mass is 252 g/mol. The Morgan fingerprint density at radius 2 is 1.94 bits per heavy atom. The van der Waals surface area contributed by atoms with Crippen molar-refractivity contribution in [3.05, 3.63) is 35.7 Å². The smallest absolute Gasteiger partial charge is 0.128 e. The van der Waals surface area contributed by atoms with Crippen molar-refractivity contribution in [1.82, 2.24) is 0 Å². The van der Waals surface area contributed by atoms with Crippen molar-refractivity contribution in [2.75, 3.05) is 13.2 Å². The minimum Gasteiger partial charge on any atom is -0.388 e. The second-order valence-corrected chi connectivity index (χ2v) is 5.08. The molecule has 0 aromatic heterocycles. The summed E-state index contributed by atoms with van der Waals surface area (Å²) in [5.74, 6) is 0.111. The highest BCUT2D eigenvalue weighted by Gasteiger charge is 2.20. The number of ether oxygens (including phenoxy) is 1. The Kier molecular flexibility index (Phi) is 4.72. The highest BCUT2D eigenvalue weighted by molar-refractivity contribution is 5.31. The zero-order valence-corrected chi connectivity index (χ0v) is 10.7. The summed E-state index contributed by atoms with van der Waals surface area (Å²) in [5, 5.41) is 9.75. The first-order valence-corrected chi connectivity index (χ1v) is 6.69. The topological polar surface area (TPSA) is 29.5 Å². The molecule has 2 aliphatic rings. The van der Waals surface area contributed by atoms with Crippen molar-refractivity contribution < 1.29 is 14.2 Å². The fourth-order valence-electron chi connectivity index (χ4n) is 2.61. The molecule has 1 atom stereocenters. The second kappa shape index (κ2) is 6.30. The quantitative estimate of drug-likeness (QED) is 0.776. The van der Waals surface area contributed by atoms with E-state index in [1.165, 1.54) is 11.6 Å². The van der Waals surface area contributed by atoms with Crippen molar-refractivity contribution in [1.29, 1.82) is 0 Å². The van der Waals surface area contributed by atoms with Gasteiger partial charge in [0.1, 0.15) is 5.83 Å². The first-order valence-electron chi connectivity index (χ1n) is 6.69. The summed E-state index contributed by atoms with van der Waals surface area (Å²) in [6.07, 6.45) is 7.03. The molecule has 1 heterocycles. The van der Waals surface area contributed by atoms with Crippen molar-refractivity contribution in [2.45, 2.75) is 38.2 Å². The Labute approximate surface area is 108 Å². The van der Waals surface area contributed by atoms with E-state index in [2.05, 4.69) is 6.58 Å². The van der Waals surface area contributed by atoms with E-state index in [4.69, 9.17) is 4.74 Å². The standard InChI is InChI=1S/C15H21FO2/c1-11-14(16)6-5-12(3-2-4-15(11)17)13-7-9-18-10-8-13/h5-6,13,15,17H,1-4,7-10H2/b12-5+,14-6+/t15-/m0/s1. The number of aliphatic hydroxyl groups is 1. The molecular weight excluding hydrogens is 231 g/mol. The van der Waals surface area contributed by atoms with Gasteiger partial charge >= 0.3 is 0 Å². The average Bonchev–Trinajstić information content (AvgIpc) is 2.46. The third-order valence-electron chi connectivity index (χ3n) is 3.84. The molecule has 3 heteroatoms. The molecule has 0 saturated carbocycles. The van der Waals surface area contributed by atoms with Gasteiger partial charge in [0, 0.05) is 18.8 Å². The van der Waals surface area contributed by atoms with E-state index in [1.54, 1.807) is 0 Å². The van der Waals surface area contributed by atoms with E-state index in [0.717, 1.165) is 38.9 Å². The van der Waals surface area contributed by atoms with Crippen LogP contribution in [0.3, 0.4) is 0 Å². The first-order chi connectivity index (χ1) is 8.68. The lowest BCUT2D eigenvalue weighted by Crippen LogP contribution is -2.17. The van der Waals surface area contributed by atoms with Gasteiger partial charge in [-0.15, -0.1) is 0 Å². The molecule has 0 bridgehead atoms. The van der Waals surface area contributed by atoms with Crippen molar-refractivity contribution >= 4 is 0 Å². The fourth-order valence-corrected chi connectivity index (χ4v) is 2.61. The average molecular weight is 252 g/mol.